The number of para-hydroxylation sites is 1. The van der Waals surface area contributed by atoms with Gasteiger partial charge < -0.3 is 10.1 Å². The van der Waals surface area contributed by atoms with Crippen molar-refractivity contribution in [2.45, 2.75) is 38.6 Å². The zero-order valence-electron chi connectivity index (χ0n) is 15.5. The van der Waals surface area contributed by atoms with Gasteiger partial charge in [0.1, 0.15) is 0 Å². The second-order valence-corrected chi connectivity index (χ2v) is 7.05. The fraction of sp³-hybridized carbons (Fsp3) is 0.500. The number of hydrogen-bond donors (Lipinski definition) is 1. The molecule has 0 bridgehead atoms. The van der Waals surface area contributed by atoms with Crippen molar-refractivity contribution in [2.75, 3.05) is 13.7 Å². The molecule has 27 heavy (non-hydrogen) atoms. The fourth-order valence-electron chi connectivity index (χ4n) is 3.66. The lowest BCUT2D eigenvalue weighted by Crippen LogP contribution is -2.35. The lowest BCUT2D eigenvalue weighted by atomic mass is 9.81. The van der Waals surface area contributed by atoms with Gasteiger partial charge in [0.2, 0.25) is 5.91 Å². The van der Waals surface area contributed by atoms with Gasteiger partial charge in [-0.05, 0) is 43.7 Å². The molecule has 0 atom stereocenters. The number of ether oxygens (including phenoxy) is 1. The van der Waals surface area contributed by atoms with Crippen LogP contribution in [-0.2, 0) is 20.9 Å². The summed E-state index contributed by atoms with van der Waals surface area (Å²) in [6, 6.07) is 7.36. The zero-order valence-corrected chi connectivity index (χ0v) is 15.5. The van der Waals surface area contributed by atoms with E-state index in [2.05, 4.69) is 15.0 Å². The maximum absolute atomic E-state index is 12.6. The first-order valence-electron chi connectivity index (χ1n) is 9.37. The number of benzene rings is 1. The molecule has 1 aliphatic rings. The van der Waals surface area contributed by atoms with Crippen LogP contribution in [0.4, 0.5) is 0 Å². The van der Waals surface area contributed by atoms with Crippen molar-refractivity contribution in [3.63, 3.8) is 0 Å². The van der Waals surface area contributed by atoms with Gasteiger partial charge in [-0.15, -0.1) is 0 Å². The summed E-state index contributed by atoms with van der Waals surface area (Å²) in [5.41, 5.74) is 0.703. The summed E-state index contributed by atoms with van der Waals surface area (Å²) >= 11 is 0. The van der Waals surface area contributed by atoms with Gasteiger partial charge in [0.15, 0.2) is 0 Å². The molecule has 1 N–H and O–H groups in total. The Morgan fingerprint density at radius 2 is 1.96 bits per heavy atom. The molecule has 0 aliphatic heterocycles. The summed E-state index contributed by atoms with van der Waals surface area (Å²) in [6.07, 6.45) is 5.20. The van der Waals surface area contributed by atoms with E-state index in [0.29, 0.717) is 29.9 Å². The Morgan fingerprint density at radius 3 is 2.70 bits per heavy atom. The average Bonchev–Trinajstić information content (AvgIpc) is 2.70. The van der Waals surface area contributed by atoms with Gasteiger partial charge in [-0.2, -0.15) is 0 Å². The minimum absolute atomic E-state index is 0.00175. The van der Waals surface area contributed by atoms with E-state index < -0.39 is 0 Å². The Labute approximate surface area is 157 Å². The van der Waals surface area contributed by atoms with Crippen molar-refractivity contribution in [1.82, 2.24) is 14.9 Å². The maximum atomic E-state index is 12.6. The molecule has 0 spiro atoms. The second kappa shape index (κ2) is 8.79. The lowest BCUT2D eigenvalue weighted by molar-refractivity contribution is -0.140. The molecular formula is C20H25N3O4. The van der Waals surface area contributed by atoms with Crippen LogP contribution in [0.25, 0.3) is 10.9 Å². The molecule has 144 valence electrons. The Balaban J connectivity index is 1.51. The maximum Gasteiger partial charge on any atom is 0.307 e. The zero-order chi connectivity index (χ0) is 19.2. The molecule has 1 heterocycles. The lowest BCUT2D eigenvalue weighted by Gasteiger charge is -2.28. The molecule has 1 fully saturated rings. The number of rotatable bonds is 6. The predicted molar refractivity (Wildman–Crippen MR) is 101 cm³/mol. The summed E-state index contributed by atoms with van der Waals surface area (Å²) in [4.78, 5) is 40.3. The Bertz CT molecular complexity index is 869. The molecule has 1 saturated carbocycles. The van der Waals surface area contributed by atoms with Gasteiger partial charge in [0, 0.05) is 19.0 Å². The third-order valence-corrected chi connectivity index (χ3v) is 5.26. The van der Waals surface area contributed by atoms with E-state index in [1.807, 2.05) is 18.2 Å². The number of esters is 1. The summed E-state index contributed by atoms with van der Waals surface area (Å²) < 4.78 is 6.25. The Hall–Kier alpha value is -2.70. The Kier molecular flexibility index (Phi) is 6.21. The number of aromatic nitrogens is 2. The van der Waals surface area contributed by atoms with E-state index in [9.17, 15) is 14.4 Å². The van der Waals surface area contributed by atoms with Gasteiger partial charge in [0.25, 0.3) is 5.56 Å². The van der Waals surface area contributed by atoms with E-state index in [1.54, 1.807) is 17.0 Å². The number of carbonyl (C=O) groups is 2. The summed E-state index contributed by atoms with van der Waals surface area (Å²) in [6.45, 7) is 0.941. The standard InChI is InChI=1S/C20H25N3O4/c1-27-18(24)10-11-21-19(25)15-8-6-14(7-9-15)12-23-13-22-17-5-3-2-4-16(17)20(23)26/h2-5,13-15H,6-12H2,1H3,(H,21,25). The van der Waals surface area contributed by atoms with Crippen molar-refractivity contribution in [1.29, 1.82) is 0 Å². The largest absolute Gasteiger partial charge is 0.469 e. The van der Waals surface area contributed by atoms with E-state index >= 15 is 0 Å². The third-order valence-electron chi connectivity index (χ3n) is 5.26. The van der Waals surface area contributed by atoms with Crippen LogP contribution >= 0.6 is 0 Å². The molecule has 0 unspecified atom stereocenters. The molecule has 7 nitrogen and oxygen atoms in total. The van der Waals surface area contributed by atoms with Crippen LogP contribution in [0.1, 0.15) is 32.1 Å². The van der Waals surface area contributed by atoms with Crippen molar-refractivity contribution in [3.05, 3.63) is 40.9 Å². The SMILES string of the molecule is COC(=O)CCNC(=O)C1CCC(Cn2cnc3ccccc3c2=O)CC1. The van der Waals surface area contributed by atoms with Crippen LogP contribution in [0, 0.1) is 11.8 Å². The monoisotopic (exact) mass is 371 g/mol. The molecule has 1 amide bonds. The van der Waals surface area contributed by atoms with Gasteiger partial charge >= 0.3 is 5.97 Å². The normalized spacial score (nSPS) is 19.6. The summed E-state index contributed by atoms with van der Waals surface area (Å²) in [5, 5.41) is 3.44. The third kappa shape index (κ3) is 4.72. The van der Waals surface area contributed by atoms with Gasteiger partial charge in [-0.3, -0.25) is 19.0 Å². The minimum Gasteiger partial charge on any atom is -0.469 e. The van der Waals surface area contributed by atoms with Crippen molar-refractivity contribution in [3.8, 4) is 0 Å². The first-order valence-corrected chi connectivity index (χ1v) is 9.37. The first kappa shape index (κ1) is 19.1. The van der Waals surface area contributed by atoms with Crippen LogP contribution < -0.4 is 10.9 Å². The van der Waals surface area contributed by atoms with Gasteiger partial charge in [0.05, 0.1) is 30.8 Å². The van der Waals surface area contributed by atoms with Crippen LogP contribution in [-0.4, -0.2) is 35.1 Å². The van der Waals surface area contributed by atoms with Crippen molar-refractivity contribution < 1.29 is 14.3 Å². The highest BCUT2D eigenvalue weighted by Gasteiger charge is 2.26. The van der Waals surface area contributed by atoms with Crippen molar-refractivity contribution >= 4 is 22.8 Å². The van der Waals surface area contributed by atoms with E-state index in [0.717, 1.165) is 25.7 Å². The quantitative estimate of drug-likeness (QED) is 0.783. The number of methoxy groups -OCH3 is 1. The number of carbonyl (C=O) groups excluding carboxylic acids is 2. The van der Waals surface area contributed by atoms with Gasteiger partial charge in [-0.25, -0.2) is 4.98 Å². The highest BCUT2D eigenvalue weighted by atomic mass is 16.5. The number of fused-ring (bicyclic) bond motifs is 1. The summed E-state index contributed by atoms with van der Waals surface area (Å²) in [7, 11) is 1.34. The molecule has 0 saturated heterocycles. The molecule has 3 rings (SSSR count). The number of amides is 1. The number of hydrogen-bond acceptors (Lipinski definition) is 5. The molecule has 1 aromatic carbocycles. The highest BCUT2D eigenvalue weighted by Crippen LogP contribution is 2.29. The predicted octanol–water partition coefficient (Wildman–Crippen LogP) is 1.88. The average molecular weight is 371 g/mol. The first-order chi connectivity index (χ1) is 13.1. The molecule has 2 aromatic rings. The topological polar surface area (TPSA) is 90.3 Å². The molecule has 7 heteroatoms. The van der Waals surface area contributed by atoms with Crippen molar-refractivity contribution in [2.24, 2.45) is 11.8 Å². The molecule has 1 aromatic heterocycles. The minimum atomic E-state index is -0.326. The number of nitrogens with zero attached hydrogens (tertiary/aromatic N) is 2. The van der Waals surface area contributed by atoms with Crippen LogP contribution in [0.3, 0.4) is 0 Å². The van der Waals surface area contributed by atoms with Crippen LogP contribution in [0.15, 0.2) is 35.4 Å². The summed E-state index contributed by atoms with van der Waals surface area (Å²) in [5.74, 6) is 0.0189. The van der Waals surface area contributed by atoms with Crippen LogP contribution in [0.5, 0.6) is 0 Å². The fourth-order valence-corrected chi connectivity index (χ4v) is 3.66. The molecule has 0 radical (unpaired) electrons. The molecular weight excluding hydrogens is 346 g/mol. The van der Waals surface area contributed by atoms with E-state index in [-0.39, 0.29) is 29.8 Å². The van der Waals surface area contributed by atoms with Gasteiger partial charge in [-0.1, -0.05) is 12.1 Å². The second-order valence-electron chi connectivity index (χ2n) is 7.05. The Morgan fingerprint density at radius 1 is 1.22 bits per heavy atom. The molecule has 1 aliphatic carbocycles. The van der Waals surface area contributed by atoms with Crippen LogP contribution in [0.2, 0.25) is 0 Å². The smallest absolute Gasteiger partial charge is 0.307 e. The number of nitrogens with one attached hydrogen (secondary N) is 1. The van der Waals surface area contributed by atoms with E-state index in [1.165, 1.54) is 7.11 Å². The highest BCUT2D eigenvalue weighted by molar-refractivity contribution is 5.79. The van der Waals surface area contributed by atoms with E-state index in [4.69, 9.17) is 0 Å².